The van der Waals surface area contributed by atoms with Crippen LogP contribution in [0.25, 0.3) is 0 Å². The average Bonchev–Trinajstić information content (AvgIpc) is 3.01. The van der Waals surface area contributed by atoms with E-state index >= 15 is 0 Å². The van der Waals surface area contributed by atoms with Gasteiger partial charge in [0, 0.05) is 17.6 Å². The van der Waals surface area contributed by atoms with Crippen molar-refractivity contribution in [3.63, 3.8) is 0 Å². The van der Waals surface area contributed by atoms with E-state index in [0.29, 0.717) is 12.6 Å². The van der Waals surface area contributed by atoms with Gasteiger partial charge in [0.2, 0.25) is 0 Å². The highest BCUT2D eigenvalue weighted by Crippen LogP contribution is 2.41. The van der Waals surface area contributed by atoms with Crippen molar-refractivity contribution in [1.82, 2.24) is 10.2 Å². The van der Waals surface area contributed by atoms with Crippen LogP contribution in [-0.2, 0) is 0 Å². The van der Waals surface area contributed by atoms with E-state index in [-0.39, 0.29) is 5.54 Å². The third-order valence-electron chi connectivity index (χ3n) is 6.38. The van der Waals surface area contributed by atoms with E-state index in [1.54, 1.807) is 0 Å². The molecule has 2 aliphatic carbocycles. The molecule has 0 amide bonds. The molecule has 1 aliphatic heterocycles. The standard InChI is InChI=1S/C18H34N2O/c1-2-11-19-18(14-21)10-4-8-16(13-18)20-12-5-7-15-6-3-9-17(15)20/h15-17,19,21H,2-14H2,1H3. The Morgan fingerprint density at radius 3 is 2.81 bits per heavy atom. The summed E-state index contributed by atoms with van der Waals surface area (Å²) in [6.07, 6.45) is 13.3. The average molecular weight is 294 g/mol. The van der Waals surface area contributed by atoms with Gasteiger partial charge < -0.3 is 10.4 Å². The van der Waals surface area contributed by atoms with Crippen LogP contribution in [0.1, 0.15) is 71.1 Å². The van der Waals surface area contributed by atoms with Crippen molar-refractivity contribution in [2.24, 2.45) is 5.92 Å². The molecule has 0 spiro atoms. The third-order valence-corrected chi connectivity index (χ3v) is 6.38. The van der Waals surface area contributed by atoms with Gasteiger partial charge in [0.25, 0.3) is 0 Å². The summed E-state index contributed by atoms with van der Waals surface area (Å²) in [4.78, 5) is 2.86. The zero-order chi connectivity index (χ0) is 14.7. The number of piperidine rings is 1. The van der Waals surface area contributed by atoms with Crippen LogP contribution in [0, 0.1) is 5.92 Å². The lowest BCUT2D eigenvalue weighted by Gasteiger charge is -2.49. The highest BCUT2D eigenvalue weighted by molar-refractivity contribution is 5.00. The number of aliphatic hydroxyl groups excluding tert-OH is 1. The number of hydrogen-bond acceptors (Lipinski definition) is 3. The van der Waals surface area contributed by atoms with E-state index < -0.39 is 0 Å². The fourth-order valence-corrected chi connectivity index (χ4v) is 5.31. The lowest BCUT2D eigenvalue weighted by molar-refractivity contribution is 0.0107. The Morgan fingerprint density at radius 1 is 1.14 bits per heavy atom. The van der Waals surface area contributed by atoms with Gasteiger partial charge in [-0.25, -0.2) is 0 Å². The molecule has 2 N–H and O–H groups in total. The predicted octanol–water partition coefficient (Wildman–Crippen LogP) is 2.92. The molecule has 1 heterocycles. The van der Waals surface area contributed by atoms with Crippen molar-refractivity contribution in [2.45, 2.75) is 88.8 Å². The minimum absolute atomic E-state index is 0.00444. The molecule has 0 aromatic rings. The molecule has 2 saturated carbocycles. The van der Waals surface area contributed by atoms with Gasteiger partial charge in [-0.1, -0.05) is 13.3 Å². The smallest absolute Gasteiger partial charge is 0.0613 e. The number of nitrogens with one attached hydrogen (secondary N) is 1. The summed E-state index contributed by atoms with van der Waals surface area (Å²) >= 11 is 0. The molecule has 0 bridgehead atoms. The van der Waals surface area contributed by atoms with Crippen molar-refractivity contribution in [3.05, 3.63) is 0 Å². The number of aliphatic hydroxyl groups is 1. The van der Waals surface area contributed by atoms with Crippen LogP contribution in [0.4, 0.5) is 0 Å². The maximum absolute atomic E-state index is 9.99. The molecule has 3 fully saturated rings. The molecular weight excluding hydrogens is 260 g/mol. The Balaban J connectivity index is 1.67. The molecule has 3 rings (SSSR count). The van der Waals surface area contributed by atoms with Crippen molar-refractivity contribution in [1.29, 1.82) is 0 Å². The summed E-state index contributed by atoms with van der Waals surface area (Å²) in [5.74, 6) is 0.979. The first-order valence-corrected chi connectivity index (χ1v) is 9.39. The van der Waals surface area contributed by atoms with Crippen molar-refractivity contribution >= 4 is 0 Å². The van der Waals surface area contributed by atoms with Crippen LogP contribution < -0.4 is 5.32 Å². The van der Waals surface area contributed by atoms with E-state index in [4.69, 9.17) is 0 Å². The van der Waals surface area contributed by atoms with Crippen LogP contribution in [0.3, 0.4) is 0 Å². The first-order valence-electron chi connectivity index (χ1n) is 9.39. The topological polar surface area (TPSA) is 35.5 Å². The fourth-order valence-electron chi connectivity index (χ4n) is 5.31. The second-order valence-corrected chi connectivity index (χ2v) is 7.75. The molecule has 0 radical (unpaired) electrons. The quantitative estimate of drug-likeness (QED) is 0.818. The lowest BCUT2D eigenvalue weighted by atomic mass is 9.77. The molecule has 3 heteroatoms. The Labute approximate surface area is 130 Å². The Bertz CT molecular complexity index is 335. The zero-order valence-electron chi connectivity index (χ0n) is 13.8. The molecule has 21 heavy (non-hydrogen) atoms. The maximum atomic E-state index is 9.99. The summed E-state index contributed by atoms with van der Waals surface area (Å²) in [7, 11) is 0. The highest BCUT2D eigenvalue weighted by Gasteiger charge is 2.43. The minimum atomic E-state index is 0.00444. The predicted molar refractivity (Wildman–Crippen MR) is 87.4 cm³/mol. The van der Waals surface area contributed by atoms with E-state index in [2.05, 4.69) is 17.1 Å². The number of hydrogen-bond donors (Lipinski definition) is 2. The van der Waals surface area contributed by atoms with Crippen molar-refractivity contribution in [3.8, 4) is 0 Å². The molecule has 3 nitrogen and oxygen atoms in total. The normalized spacial score (nSPS) is 41.1. The Morgan fingerprint density at radius 2 is 2.00 bits per heavy atom. The Kier molecular flexibility index (Phi) is 5.23. The van der Waals surface area contributed by atoms with Gasteiger partial charge in [0.1, 0.15) is 0 Å². The van der Waals surface area contributed by atoms with Gasteiger partial charge in [0.05, 0.1) is 6.61 Å². The second kappa shape index (κ2) is 6.97. The number of likely N-dealkylation sites (tertiary alicyclic amines) is 1. The van der Waals surface area contributed by atoms with Gasteiger partial charge in [-0.05, 0) is 76.8 Å². The summed E-state index contributed by atoms with van der Waals surface area (Å²) in [6, 6.07) is 1.57. The SMILES string of the molecule is CCCNC1(CO)CCCC(N2CCCC3CCCC32)C1. The van der Waals surface area contributed by atoms with Crippen LogP contribution in [0.15, 0.2) is 0 Å². The summed E-state index contributed by atoms with van der Waals surface area (Å²) in [6.45, 7) is 4.87. The molecule has 0 aromatic heterocycles. The van der Waals surface area contributed by atoms with Gasteiger partial charge in [-0.2, -0.15) is 0 Å². The molecule has 0 aromatic carbocycles. The fraction of sp³-hybridized carbons (Fsp3) is 1.00. The van der Waals surface area contributed by atoms with Gasteiger partial charge in [-0.3, -0.25) is 4.90 Å². The summed E-state index contributed by atoms with van der Waals surface area (Å²) in [5.41, 5.74) is 0.00444. The highest BCUT2D eigenvalue weighted by atomic mass is 16.3. The zero-order valence-corrected chi connectivity index (χ0v) is 13.8. The van der Waals surface area contributed by atoms with Crippen LogP contribution in [-0.4, -0.2) is 47.3 Å². The maximum Gasteiger partial charge on any atom is 0.0613 e. The first kappa shape index (κ1) is 15.8. The van der Waals surface area contributed by atoms with Crippen molar-refractivity contribution in [2.75, 3.05) is 19.7 Å². The lowest BCUT2D eigenvalue weighted by Crippen LogP contribution is -2.58. The van der Waals surface area contributed by atoms with Gasteiger partial charge in [0.15, 0.2) is 0 Å². The van der Waals surface area contributed by atoms with Gasteiger partial charge >= 0.3 is 0 Å². The molecule has 4 atom stereocenters. The van der Waals surface area contributed by atoms with E-state index in [1.807, 2.05) is 0 Å². The molecule has 1 saturated heterocycles. The van der Waals surface area contributed by atoms with Crippen LogP contribution in [0.2, 0.25) is 0 Å². The third kappa shape index (κ3) is 3.30. The van der Waals surface area contributed by atoms with E-state index in [1.165, 1.54) is 51.5 Å². The molecule has 3 aliphatic rings. The second-order valence-electron chi connectivity index (χ2n) is 7.75. The summed E-state index contributed by atoms with van der Waals surface area (Å²) in [5, 5.41) is 13.7. The van der Waals surface area contributed by atoms with E-state index in [0.717, 1.165) is 37.8 Å². The number of nitrogens with zero attached hydrogens (tertiary/aromatic N) is 1. The molecule has 122 valence electrons. The number of fused-ring (bicyclic) bond motifs is 1. The molecule has 4 unspecified atom stereocenters. The van der Waals surface area contributed by atoms with E-state index in [9.17, 15) is 5.11 Å². The Hall–Kier alpha value is -0.120. The van der Waals surface area contributed by atoms with Gasteiger partial charge in [-0.15, -0.1) is 0 Å². The first-order chi connectivity index (χ1) is 10.3. The van der Waals surface area contributed by atoms with Crippen molar-refractivity contribution < 1.29 is 5.11 Å². The van der Waals surface area contributed by atoms with Crippen LogP contribution >= 0.6 is 0 Å². The molecular formula is C18H34N2O. The minimum Gasteiger partial charge on any atom is -0.394 e. The monoisotopic (exact) mass is 294 g/mol. The summed E-state index contributed by atoms with van der Waals surface area (Å²) < 4.78 is 0. The number of rotatable bonds is 5. The largest absolute Gasteiger partial charge is 0.394 e. The van der Waals surface area contributed by atoms with Crippen LogP contribution in [0.5, 0.6) is 0 Å².